The van der Waals surface area contributed by atoms with Gasteiger partial charge in [-0.2, -0.15) is 5.10 Å². The molecule has 1 N–H and O–H groups in total. The molecule has 1 spiro atoms. The maximum Gasteiger partial charge on any atom is 0.409 e. The highest BCUT2D eigenvalue weighted by atomic mass is 16.5. The summed E-state index contributed by atoms with van der Waals surface area (Å²) in [6.45, 7) is 1.12. The van der Waals surface area contributed by atoms with Gasteiger partial charge in [0.1, 0.15) is 0 Å². The molecule has 1 saturated carbocycles. The normalized spacial score (nSPS) is 25.9. The maximum atomic E-state index is 12.1. The number of methoxy groups -OCH3 is 1. The van der Waals surface area contributed by atoms with Gasteiger partial charge < -0.3 is 9.64 Å². The lowest BCUT2D eigenvalue weighted by Gasteiger charge is -2.37. The molecule has 1 saturated heterocycles. The van der Waals surface area contributed by atoms with Crippen molar-refractivity contribution in [3.8, 4) is 0 Å². The Balaban J connectivity index is 1.75. The van der Waals surface area contributed by atoms with Crippen LogP contribution in [0.1, 0.15) is 25.7 Å². The Morgan fingerprint density at radius 2 is 2.11 bits per heavy atom. The molecule has 0 aromatic heterocycles. The average molecular weight is 251 g/mol. The molecule has 2 aliphatic heterocycles. The summed E-state index contributed by atoms with van der Waals surface area (Å²) in [5.74, 6) is 0.488. The van der Waals surface area contributed by atoms with E-state index in [1.165, 1.54) is 7.11 Å². The highest BCUT2D eigenvalue weighted by molar-refractivity contribution is 6.14. The molecule has 0 aromatic rings. The SMILES string of the molecule is COC(=O)N1CCC2(CC1)C(=O)NN=C2C1CC1. The van der Waals surface area contributed by atoms with E-state index in [4.69, 9.17) is 4.74 Å². The number of amides is 2. The number of likely N-dealkylation sites (tertiary alicyclic amines) is 1. The number of carbonyl (C=O) groups excluding carboxylic acids is 2. The molecule has 1 aliphatic carbocycles. The lowest BCUT2D eigenvalue weighted by molar-refractivity contribution is -0.128. The maximum absolute atomic E-state index is 12.1. The van der Waals surface area contributed by atoms with Crippen LogP contribution in [0.5, 0.6) is 0 Å². The van der Waals surface area contributed by atoms with E-state index in [2.05, 4.69) is 10.5 Å². The molecular weight excluding hydrogens is 234 g/mol. The molecule has 0 unspecified atom stereocenters. The van der Waals surface area contributed by atoms with Gasteiger partial charge in [-0.3, -0.25) is 4.79 Å². The molecule has 18 heavy (non-hydrogen) atoms. The first-order chi connectivity index (χ1) is 8.67. The summed E-state index contributed by atoms with van der Waals surface area (Å²) in [5, 5.41) is 4.23. The fraction of sp³-hybridized carbons (Fsp3) is 0.750. The first-order valence-corrected chi connectivity index (χ1v) is 6.39. The monoisotopic (exact) mass is 251 g/mol. The number of piperidine rings is 1. The molecule has 0 radical (unpaired) electrons. The third kappa shape index (κ3) is 1.59. The Hall–Kier alpha value is -1.59. The Morgan fingerprint density at radius 1 is 1.44 bits per heavy atom. The minimum absolute atomic E-state index is 0.00826. The van der Waals surface area contributed by atoms with Crippen molar-refractivity contribution in [1.29, 1.82) is 0 Å². The lowest BCUT2D eigenvalue weighted by Crippen LogP contribution is -2.50. The van der Waals surface area contributed by atoms with Gasteiger partial charge >= 0.3 is 6.09 Å². The summed E-state index contributed by atoms with van der Waals surface area (Å²) in [5.41, 5.74) is 3.20. The van der Waals surface area contributed by atoms with Crippen LogP contribution < -0.4 is 5.43 Å². The van der Waals surface area contributed by atoms with Gasteiger partial charge in [-0.05, 0) is 25.7 Å². The van der Waals surface area contributed by atoms with Crippen LogP contribution in [-0.2, 0) is 9.53 Å². The second-order valence-corrected chi connectivity index (χ2v) is 5.25. The van der Waals surface area contributed by atoms with Crippen molar-refractivity contribution >= 4 is 17.7 Å². The molecular formula is C12H17N3O3. The highest BCUT2D eigenvalue weighted by Crippen LogP contribution is 2.45. The summed E-state index contributed by atoms with van der Waals surface area (Å²) in [4.78, 5) is 25.2. The van der Waals surface area contributed by atoms with Gasteiger partial charge in [0.05, 0.1) is 18.2 Å². The predicted octanol–water partition coefficient (Wildman–Crippen LogP) is 0.731. The first kappa shape index (κ1) is 11.5. The quantitative estimate of drug-likeness (QED) is 0.747. The molecule has 0 atom stereocenters. The van der Waals surface area contributed by atoms with Gasteiger partial charge in [-0.25, -0.2) is 10.2 Å². The Kier molecular flexibility index (Phi) is 2.53. The number of ether oxygens (including phenoxy) is 1. The third-order valence-electron chi connectivity index (χ3n) is 4.22. The molecule has 6 nitrogen and oxygen atoms in total. The predicted molar refractivity (Wildman–Crippen MR) is 63.9 cm³/mol. The van der Waals surface area contributed by atoms with E-state index in [1.807, 2.05) is 0 Å². The van der Waals surface area contributed by atoms with Crippen molar-refractivity contribution in [3.63, 3.8) is 0 Å². The Morgan fingerprint density at radius 3 is 2.67 bits per heavy atom. The minimum Gasteiger partial charge on any atom is -0.453 e. The summed E-state index contributed by atoms with van der Waals surface area (Å²) in [6, 6.07) is 0. The van der Waals surface area contributed by atoms with Gasteiger partial charge in [-0.15, -0.1) is 0 Å². The van der Waals surface area contributed by atoms with Crippen LogP contribution >= 0.6 is 0 Å². The Labute approximate surface area is 105 Å². The van der Waals surface area contributed by atoms with Crippen molar-refractivity contribution in [2.24, 2.45) is 16.4 Å². The van der Waals surface area contributed by atoms with Crippen molar-refractivity contribution in [2.45, 2.75) is 25.7 Å². The zero-order valence-corrected chi connectivity index (χ0v) is 10.4. The largest absolute Gasteiger partial charge is 0.453 e. The number of carbonyl (C=O) groups is 2. The molecule has 0 aromatic carbocycles. The fourth-order valence-electron chi connectivity index (χ4n) is 2.96. The van der Waals surface area contributed by atoms with Gasteiger partial charge in [0.25, 0.3) is 5.91 Å². The molecule has 2 fully saturated rings. The van der Waals surface area contributed by atoms with E-state index in [-0.39, 0.29) is 12.0 Å². The molecule has 3 rings (SSSR count). The van der Waals surface area contributed by atoms with Crippen LogP contribution in [0, 0.1) is 11.3 Å². The minimum atomic E-state index is -0.453. The number of hydrogen-bond acceptors (Lipinski definition) is 4. The van der Waals surface area contributed by atoms with E-state index in [0.717, 1.165) is 18.6 Å². The van der Waals surface area contributed by atoms with Gasteiger partial charge in [-0.1, -0.05) is 0 Å². The zero-order chi connectivity index (χ0) is 12.8. The summed E-state index contributed by atoms with van der Waals surface area (Å²) < 4.78 is 4.71. The summed E-state index contributed by atoms with van der Waals surface area (Å²) in [6.07, 6.45) is 3.27. The van der Waals surface area contributed by atoms with Crippen LogP contribution in [0.2, 0.25) is 0 Å². The molecule has 2 heterocycles. The first-order valence-electron chi connectivity index (χ1n) is 6.39. The van der Waals surface area contributed by atoms with Crippen molar-refractivity contribution in [1.82, 2.24) is 10.3 Å². The highest BCUT2D eigenvalue weighted by Gasteiger charge is 2.53. The average Bonchev–Trinajstić information content (AvgIpc) is 3.18. The fourth-order valence-corrected chi connectivity index (χ4v) is 2.96. The molecule has 98 valence electrons. The van der Waals surface area contributed by atoms with E-state index < -0.39 is 5.41 Å². The van der Waals surface area contributed by atoms with E-state index in [0.29, 0.717) is 31.8 Å². The van der Waals surface area contributed by atoms with E-state index in [1.54, 1.807) is 4.90 Å². The zero-order valence-electron chi connectivity index (χ0n) is 10.4. The number of hydrazone groups is 1. The van der Waals surface area contributed by atoms with Crippen LogP contribution in [0.4, 0.5) is 4.79 Å². The van der Waals surface area contributed by atoms with E-state index >= 15 is 0 Å². The van der Waals surface area contributed by atoms with Gasteiger partial charge in [0, 0.05) is 19.0 Å². The van der Waals surface area contributed by atoms with Crippen LogP contribution in [0.15, 0.2) is 5.10 Å². The van der Waals surface area contributed by atoms with Crippen molar-refractivity contribution < 1.29 is 14.3 Å². The molecule has 3 aliphatic rings. The van der Waals surface area contributed by atoms with Gasteiger partial charge in [0.2, 0.25) is 0 Å². The lowest BCUT2D eigenvalue weighted by atomic mass is 9.73. The molecule has 2 amide bonds. The standard InChI is InChI=1S/C12H17N3O3/c1-18-11(17)15-6-4-12(5-7-15)9(8-2-3-8)13-14-10(12)16/h8H,2-7H2,1H3,(H,14,16). The number of rotatable bonds is 1. The number of hydrogen-bond donors (Lipinski definition) is 1. The topological polar surface area (TPSA) is 71.0 Å². The van der Waals surface area contributed by atoms with Crippen LogP contribution in [0.3, 0.4) is 0 Å². The van der Waals surface area contributed by atoms with Crippen LogP contribution in [-0.4, -0.2) is 42.8 Å². The summed E-state index contributed by atoms with van der Waals surface area (Å²) in [7, 11) is 1.38. The van der Waals surface area contributed by atoms with Gasteiger partial charge in [0.15, 0.2) is 0 Å². The Bertz CT molecular complexity index is 420. The third-order valence-corrected chi connectivity index (χ3v) is 4.22. The van der Waals surface area contributed by atoms with E-state index in [9.17, 15) is 9.59 Å². The van der Waals surface area contributed by atoms with Crippen LogP contribution in [0.25, 0.3) is 0 Å². The van der Waals surface area contributed by atoms with Crippen molar-refractivity contribution in [2.75, 3.05) is 20.2 Å². The second kappa shape index (κ2) is 3.96. The second-order valence-electron chi connectivity index (χ2n) is 5.25. The van der Waals surface area contributed by atoms with Crippen molar-refractivity contribution in [3.05, 3.63) is 0 Å². The smallest absolute Gasteiger partial charge is 0.409 e. The molecule has 6 heteroatoms. The summed E-state index contributed by atoms with van der Waals surface area (Å²) >= 11 is 0. The molecule has 0 bridgehead atoms. The number of nitrogens with one attached hydrogen (secondary N) is 1. The number of nitrogens with zero attached hydrogens (tertiary/aromatic N) is 2.